The van der Waals surface area contributed by atoms with Crippen LogP contribution in [-0.4, -0.2) is 41.9 Å². The SMILES string of the molecule is Cc1ccccc1N(CC(=O)NCc1cccnc1-n1cccn1)S(C)(=O)=O. The number of para-hydroxylation sites is 1. The molecule has 0 atom stereocenters. The van der Waals surface area contributed by atoms with Gasteiger partial charge in [-0.05, 0) is 30.7 Å². The molecule has 0 unspecified atom stereocenters. The second-order valence-electron chi connectivity index (χ2n) is 6.27. The molecular formula is C19H21N5O3S. The zero-order valence-corrected chi connectivity index (χ0v) is 16.4. The first-order valence-electron chi connectivity index (χ1n) is 8.60. The van der Waals surface area contributed by atoms with Crippen LogP contribution < -0.4 is 9.62 Å². The number of aromatic nitrogens is 3. The summed E-state index contributed by atoms with van der Waals surface area (Å²) in [5, 5.41) is 6.93. The van der Waals surface area contributed by atoms with Gasteiger partial charge in [0.2, 0.25) is 15.9 Å². The number of sulfonamides is 1. The molecule has 0 saturated heterocycles. The first kappa shape index (κ1) is 19.6. The Morgan fingerprint density at radius 3 is 2.61 bits per heavy atom. The monoisotopic (exact) mass is 399 g/mol. The molecule has 9 heteroatoms. The first-order valence-corrected chi connectivity index (χ1v) is 10.4. The van der Waals surface area contributed by atoms with Crippen molar-refractivity contribution in [2.24, 2.45) is 0 Å². The highest BCUT2D eigenvalue weighted by atomic mass is 32.2. The lowest BCUT2D eigenvalue weighted by Crippen LogP contribution is -2.40. The van der Waals surface area contributed by atoms with E-state index in [0.717, 1.165) is 21.7 Å². The maximum Gasteiger partial charge on any atom is 0.241 e. The molecule has 0 bridgehead atoms. The fourth-order valence-corrected chi connectivity index (χ4v) is 3.69. The summed E-state index contributed by atoms with van der Waals surface area (Å²) >= 11 is 0. The van der Waals surface area contributed by atoms with Crippen molar-refractivity contribution in [3.63, 3.8) is 0 Å². The third-order valence-corrected chi connectivity index (χ3v) is 5.26. The van der Waals surface area contributed by atoms with Crippen molar-refractivity contribution in [3.8, 4) is 5.82 Å². The van der Waals surface area contributed by atoms with Crippen LogP contribution in [0.2, 0.25) is 0 Å². The molecule has 0 radical (unpaired) electrons. The fraction of sp³-hybridized carbons (Fsp3) is 0.211. The van der Waals surface area contributed by atoms with Crippen molar-refractivity contribution in [3.05, 3.63) is 72.2 Å². The van der Waals surface area contributed by atoms with Crippen LogP contribution >= 0.6 is 0 Å². The summed E-state index contributed by atoms with van der Waals surface area (Å²) in [4.78, 5) is 16.8. The summed E-state index contributed by atoms with van der Waals surface area (Å²) in [5.74, 6) is 0.190. The Labute approximate surface area is 163 Å². The standard InChI is InChI=1S/C19H21N5O3S/c1-15-7-3-4-9-17(15)24(28(2,26)27)14-18(25)21-13-16-8-5-10-20-19(16)23-12-6-11-22-23/h3-12H,13-14H2,1-2H3,(H,21,25). The van der Waals surface area contributed by atoms with Crippen molar-refractivity contribution < 1.29 is 13.2 Å². The number of nitrogens with one attached hydrogen (secondary N) is 1. The molecule has 0 saturated carbocycles. The van der Waals surface area contributed by atoms with Crippen molar-refractivity contribution in [2.75, 3.05) is 17.1 Å². The minimum absolute atomic E-state index is 0.202. The van der Waals surface area contributed by atoms with Crippen LogP contribution in [0.4, 0.5) is 5.69 Å². The molecule has 0 fully saturated rings. The Bertz CT molecular complexity index is 1060. The Morgan fingerprint density at radius 1 is 1.14 bits per heavy atom. The first-order chi connectivity index (χ1) is 13.4. The zero-order chi connectivity index (χ0) is 20.1. The molecule has 1 N–H and O–H groups in total. The minimum atomic E-state index is -3.62. The van der Waals surface area contributed by atoms with E-state index >= 15 is 0 Å². The summed E-state index contributed by atoms with van der Waals surface area (Å²) in [7, 11) is -3.62. The third kappa shape index (κ3) is 4.55. The second kappa shape index (κ2) is 8.22. The third-order valence-electron chi connectivity index (χ3n) is 4.14. The van der Waals surface area contributed by atoms with Crippen LogP contribution in [-0.2, 0) is 21.4 Å². The van der Waals surface area contributed by atoms with Gasteiger partial charge in [-0.25, -0.2) is 18.1 Å². The maximum absolute atomic E-state index is 12.5. The number of nitrogens with zero attached hydrogens (tertiary/aromatic N) is 4. The van der Waals surface area contributed by atoms with Gasteiger partial charge < -0.3 is 5.32 Å². The number of carbonyl (C=O) groups excluding carboxylic acids is 1. The summed E-state index contributed by atoms with van der Waals surface area (Å²) < 4.78 is 27.2. The number of hydrogen-bond donors (Lipinski definition) is 1. The molecule has 2 heterocycles. The van der Waals surface area contributed by atoms with E-state index in [0.29, 0.717) is 11.5 Å². The number of carbonyl (C=O) groups is 1. The molecule has 0 spiro atoms. The lowest BCUT2D eigenvalue weighted by atomic mass is 10.2. The van der Waals surface area contributed by atoms with Crippen molar-refractivity contribution >= 4 is 21.6 Å². The van der Waals surface area contributed by atoms with Crippen molar-refractivity contribution in [1.82, 2.24) is 20.1 Å². The van der Waals surface area contributed by atoms with E-state index < -0.39 is 15.9 Å². The molecule has 2 aromatic heterocycles. The average Bonchev–Trinajstić information content (AvgIpc) is 3.19. The number of amides is 1. The maximum atomic E-state index is 12.5. The van der Waals surface area contributed by atoms with Gasteiger partial charge in [-0.1, -0.05) is 24.3 Å². The van der Waals surface area contributed by atoms with E-state index in [-0.39, 0.29) is 13.1 Å². The number of anilines is 1. The van der Waals surface area contributed by atoms with E-state index in [4.69, 9.17) is 0 Å². The van der Waals surface area contributed by atoms with Crippen LogP contribution in [0.3, 0.4) is 0 Å². The van der Waals surface area contributed by atoms with Gasteiger partial charge in [-0.2, -0.15) is 5.10 Å². The Kier molecular flexibility index (Phi) is 5.74. The molecular weight excluding hydrogens is 378 g/mol. The zero-order valence-electron chi connectivity index (χ0n) is 15.6. The predicted molar refractivity (Wildman–Crippen MR) is 107 cm³/mol. The summed E-state index contributed by atoms with van der Waals surface area (Å²) in [5.41, 5.74) is 2.02. The Hall–Kier alpha value is -3.20. The lowest BCUT2D eigenvalue weighted by Gasteiger charge is -2.23. The molecule has 1 aromatic carbocycles. The van der Waals surface area contributed by atoms with E-state index in [2.05, 4.69) is 15.4 Å². The number of benzene rings is 1. The lowest BCUT2D eigenvalue weighted by molar-refractivity contribution is -0.119. The molecule has 3 aromatic rings. The fourth-order valence-electron chi connectivity index (χ4n) is 2.77. The minimum Gasteiger partial charge on any atom is -0.350 e. The number of hydrogen-bond acceptors (Lipinski definition) is 5. The van der Waals surface area contributed by atoms with Crippen LogP contribution in [0, 0.1) is 6.92 Å². The van der Waals surface area contributed by atoms with Gasteiger partial charge in [-0.3, -0.25) is 9.10 Å². The van der Waals surface area contributed by atoms with E-state index in [1.807, 2.05) is 12.1 Å². The normalized spacial score (nSPS) is 11.2. The van der Waals surface area contributed by atoms with Crippen LogP contribution in [0.15, 0.2) is 61.1 Å². The highest BCUT2D eigenvalue weighted by Gasteiger charge is 2.22. The van der Waals surface area contributed by atoms with Gasteiger partial charge in [0.1, 0.15) is 6.54 Å². The van der Waals surface area contributed by atoms with Gasteiger partial charge in [0.15, 0.2) is 5.82 Å². The second-order valence-corrected chi connectivity index (χ2v) is 8.18. The van der Waals surface area contributed by atoms with Gasteiger partial charge in [0.25, 0.3) is 0 Å². The quantitative estimate of drug-likeness (QED) is 0.652. The molecule has 146 valence electrons. The highest BCUT2D eigenvalue weighted by molar-refractivity contribution is 7.92. The average molecular weight is 399 g/mol. The van der Waals surface area contributed by atoms with Crippen molar-refractivity contribution in [1.29, 1.82) is 0 Å². The van der Waals surface area contributed by atoms with Gasteiger partial charge >= 0.3 is 0 Å². The number of pyridine rings is 1. The topological polar surface area (TPSA) is 97.2 Å². The van der Waals surface area contributed by atoms with Crippen LogP contribution in [0.1, 0.15) is 11.1 Å². The van der Waals surface area contributed by atoms with Crippen molar-refractivity contribution in [2.45, 2.75) is 13.5 Å². The molecule has 0 aliphatic heterocycles. The molecule has 8 nitrogen and oxygen atoms in total. The van der Waals surface area contributed by atoms with E-state index in [9.17, 15) is 13.2 Å². The summed E-state index contributed by atoms with van der Waals surface area (Å²) in [6.07, 6.45) is 6.13. The molecule has 28 heavy (non-hydrogen) atoms. The Morgan fingerprint density at radius 2 is 1.93 bits per heavy atom. The molecule has 3 rings (SSSR count). The Balaban J connectivity index is 1.74. The molecule has 0 aliphatic carbocycles. The largest absolute Gasteiger partial charge is 0.350 e. The number of aryl methyl sites for hydroxylation is 1. The summed E-state index contributed by atoms with van der Waals surface area (Å²) in [6.45, 7) is 1.70. The van der Waals surface area contributed by atoms with Gasteiger partial charge in [0, 0.05) is 30.7 Å². The molecule has 1 amide bonds. The highest BCUT2D eigenvalue weighted by Crippen LogP contribution is 2.21. The van der Waals surface area contributed by atoms with Gasteiger partial charge in [0.05, 0.1) is 11.9 Å². The van der Waals surface area contributed by atoms with Crippen LogP contribution in [0.25, 0.3) is 5.82 Å². The predicted octanol–water partition coefficient (Wildman–Crippen LogP) is 1.66. The van der Waals surface area contributed by atoms with Crippen LogP contribution in [0.5, 0.6) is 0 Å². The number of rotatable bonds is 7. The van der Waals surface area contributed by atoms with E-state index in [1.54, 1.807) is 60.5 Å². The molecule has 0 aliphatic rings. The van der Waals surface area contributed by atoms with E-state index in [1.165, 1.54) is 0 Å². The summed E-state index contributed by atoms with van der Waals surface area (Å²) in [6, 6.07) is 12.4. The van der Waals surface area contributed by atoms with Gasteiger partial charge in [-0.15, -0.1) is 0 Å². The smallest absolute Gasteiger partial charge is 0.241 e.